The van der Waals surface area contributed by atoms with E-state index in [4.69, 9.17) is 0 Å². The number of piperidine rings is 1. The molecule has 4 heteroatoms. The number of aromatic nitrogens is 1. The van der Waals surface area contributed by atoms with E-state index < -0.39 is 0 Å². The van der Waals surface area contributed by atoms with E-state index in [0.717, 1.165) is 55.6 Å². The molecule has 2 aromatic carbocycles. The van der Waals surface area contributed by atoms with E-state index in [9.17, 15) is 4.79 Å². The summed E-state index contributed by atoms with van der Waals surface area (Å²) < 4.78 is 0. The Labute approximate surface area is 166 Å². The van der Waals surface area contributed by atoms with Gasteiger partial charge in [0.2, 0.25) is 0 Å². The van der Waals surface area contributed by atoms with Gasteiger partial charge in [0, 0.05) is 54.3 Å². The van der Waals surface area contributed by atoms with E-state index in [2.05, 4.69) is 45.1 Å². The van der Waals surface area contributed by atoms with Crippen molar-refractivity contribution in [2.45, 2.75) is 25.8 Å². The summed E-state index contributed by atoms with van der Waals surface area (Å²) in [5.74, 6) is 0.181. The van der Waals surface area contributed by atoms with Crippen molar-refractivity contribution in [2.75, 3.05) is 26.2 Å². The van der Waals surface area contributed by atoms with E-state index >= 15 is 0 Å². The number of aromatic amines is 1. The summed E-state index contributed by atoms with van der Waals surface area (Å²) in [6, 6.07) is 18.7. The van der Waals surface area contributed by atoms with Crippen LogP contribution in [0.3, 0.4) is 0 Å². The molecule has 0 radical (unpaired) electrons. The molecule has 1 atom stereocenters. The molecule has 1 aromatic heterocycles. The molecule has 1 spiro atoms. The van der Waals surface area contributed by atoms with Crippen molar-refractivity contribution in [1.29, 1.82) is 0 Å². The molecule has 3 aromatic rings. The quantitative estimate of drug-likeness (QED) is 0.744. The maximum atomic E-state index is 13.1. The molecule has 0 saturated carbocycles. The predicted octanol–water partition coefficient (Wildman–Crippen LogP) is 4.30. The van der Waals surface area contributed by atoms with Crippen molar-refractivity contribution in [3.05, 3.63) is 71.9 Å². The van der Waals surface area contributed by atoms with Crippen LogP contribution in [0.2, 0.25) is 0 Å². The van der Waals surface area contributed by atoms with Gasteiger partial charge in [-0.3, -0.25) is 9.69 Å². The number of hydrogen-bond acceptors (Lipinski definition) is 2. The molecule has 0 bridgehead atoms. The van der Waals surface area contributed by atoms with Crippen molar-refractivity contribution in [1.82, 2.24) is 14.8 Å². The number of hydrogen-bond donors (Lipinski definition) is 1. The molecule has 1 amide bonds. The largest absolute Gasteiger partial charge is 0.361 e. The molecule has 2 fully saturated rings. The van der Waals surface area contributed by atoms with Gasteiger partial charge >= 0.3 is 0 Å². The van der Waals surface area contributed by atoms with Crippen molar-refractivity contribution < 1.29 is 4.79 Å². The van der Waals surface area contributed by atoms with Gasteiger partial charge in [0.25, 0.3) is 5.91 Å². The summed E-state index contributed by atoms with van der Waals surface area (Å²) in [6.45, 7) is 5.05. The van der Waals surface area contributed by atoms with Crippen LogP contribution in [0.4, 0.5) is 0 Å². The van der Waals surface area contributed by atoms with E-state index in [1.807, 2.05) is 30.5 Å². The molecule has 4 nitrogen and oxygen atoms in total. The van der Waals surface area contributed by atoms with Gasteiger partial charge in [-0.25, -0.2) is 0 Å². The maximum absolute atomic E-state index is 13.1. The molecule has 3 heterocycles. The fourth-order valence-electron chi connectivity index (χ4n) is 5.10. The predicted molar refractivity (Wildman–Crippen MR) is 112 cm³/mol. The van der Waals surface area contributed by atoms with Gasteiger partial charge in [0.05, 0.1) is 0 Å². The Hall–Kier alpha value is -2.59. The number of nitrogens with one attached hydrogen (secondary N) is 1. The van der Waals surface area contributed by atoms with Crippen LogP contribution in [0, 0.1) is 5.41 Å². The first-order valence-corrected chi connectivity index (χ1v) is 10.3. The van der Waals surface area contributed by atoms with Gasteiger partial charge < -0.3 is 9.88 Å². The van der Waals surface area contributed by atoms with Crippen LogP contribution >= 0.6 is 0 Å². The van der Waals surface area contributed by atoms with Gasteiger partial charge in [0.1, 0.15) is 0 Å². The number of H-pyrrole nitrogens is 1. The van der Waals surface area contributed by atoms with Crippen molar-refractivity contribution in [3.8, 4) is 0 Å². The van der Waals surface area contributed by atoms with Gasteiger partial charge in [-0.05, 0) is 55.6 Å². The Morgan fingerprint density at radius 3 is 2.79 bits per heavy atom. The summed E-state index contributed by atoms with van der Waals surface area (Å²) >= 11 is 0. The molecule has 2 aliphatic rings. The number of amides is 1. The SMILES string of the molecule is O=C(c1ccc2[nH]ccc2c1)N1CCC2(CCCN(Cc3ccccc3)C2)C1. The molecule has 5 rings (SSSR count). The minimum Gasteiger partial charge on any atom is -0.361 e. The number of rotatable bonds is 3. The zero-order valence-electron chi connectivity index (χ0n) is 16.2. The maximum Gasteiger partial charge on any atom is 0.253 e. The molecule has 144 valence electrons. The molecule has 1 N–H and O–H groups in total. The number of fused-ring (bicyclic) bond motifs is 1. The second-order valence-corrected chi connectivity index (χ2v) is 8.56. The second-order valence-electron chi connectivity index (χ2n) is 8.56. The van der Waals surface area contributed by atoms with Crippen LogP contribution in [0.5, 0.6) is 0 Å². The standard InChI is InChI=1S/C24H27N3O/c28-23(21-7-8-22-20(15-21)9-12-25-22)27-14-11-24(18-27)10-4-13-26(17-24)16-19-5-2-1-3-6-19/h1-3,5-9,12,15,25H,4,10-11,13-14,16-18H2. The molecule has 2 aliphatic heterocycles. The smallest absolute Gasteiger partial charge is 0.253 e. The van der Waals surface area contributed by atoms with Gasteiger partial charge in [-0.2, -0.15) is 0 Å². The van der Waals surface area contributed by atoms with Crippen molar-refractivity contribution in [3.63, 3.8) is 0 Å². The lowest BCUT2D eigenvalue weighted by Gasteiger charge is -2.40. The minimum atomic E-state index is 0.181. The van der Waals surface area contributed by atoms with Crippen LogP contribution in [0.1, 0.15) is 35.2 Å². The lowest BCUT2D eigenvalue weighted by atomic mass is 9.79. The molecule has 28 heavy (non-hydrogen) atoms. The van der Waals surface area contributed by atoms with Crippen molar-refractivity contribution in [2.24, 2.45) is 5.41 Å². The lowest BCUT2D eigenvalue weighted by molar-refractivity contribution is 0.0675. The molecule has 0 aliphatic carbocycles. The average Bonchev–Trinajstić information content (AvgIpc) is 3.35. The Bertz CT molecular complexity index is 980. The Morgan fingerprint density at radius 1 is 1.00 bits per heavy atom. The first-order valence-electron chi connectivity index (χ1n) is 10.3. The van der Waals surface area contributed by atoms with Crippen LogP contribution < -0.4 is 0 Å². The Morgan fingerprint density at radius 2 is 1.89 bits per heavy atom. The molecule has 1 unspecified atom stereocenters. The highest BCUT2D eigenvalue weighted by molar-refractivity contribution is 5.98. The van der Waals surface area contributed by atoms with Gasteiger partial charge in [0.15, 0.2) is 0 Å². The van der Waals surface area contributed by atoms with E-state index in [-0.39, 0.29) is 11.3 Å². The van der Waals surface area contributed by atoms with E-state index in [0.29, 0.717) is 0 Å². The van der Waals surface area contributed by atoms with Gasteiger partial charge in [-0.1, -0.05) is 30.3 Å². The van der Waals surface area contributed by atoms with E-state index in [1.54, 1.807) is 0 Å². The lowest BCUT2D eigenvalue weighted by Crippen LogP contribution is -2.45. The minimum absolute atomic E-state index is 0.181. The summed E-state index contributed by atoms with van der Waals surface area (Å²) in [5.41, 5.74) is 3.53. The topological polar surface area (TPSA) is 39.3 Å². The fraction of sp³-hybridized carbons (Fsp3) is 0.375. The first-order chi connectivity index (χ1) is 13.7. The molecule has 2 saturated heterocycles. The van der Waals surface area contributed by atoms with Gasteiger partial charge in [-0.15, -0.1) is 0 Å². The van der Waals surface area contributed by atoms with Crippen molar-refractivity contribution >= 4 is 16.8 Å². The normalized spacial score (nSPS) is 22.9. The van der Waals surface area contributed by atoms with Crippen LogP contribution in [0.15, 0.2) is 60.8 Å². The third-order valence-corrected chi connectivity index (χ3v) is 6.52. The summed E-state index contributed by atoms with van der Waals surface area (Å²) in [7, 11) is 0. The third kappa shape index (κ3) is 3.33. The van der Waals surface area contributed by atoms with Crippen LogP contribution in [-0.4, -0.2) is 46.9 Å². The molecular weight excluding hydrogens is 346 g/mol. The highest BCUT2D eigenvalue weighted by Gasteiger charge is 2.42. The highest BCUT2D eigenvalue weighted by Crippen LogP contribution is 2.40. The number of nitrogens with zero attached hydrogens (tertiary/aromatic N) is 2. The van der Waals surface area contributed by atoms with Crippen LogP contribution in [-0.2, 0) is 6.54 Å². The zero-order chi connectivity index (χ0) is 19.0. The molecular formula is C24H27N3O. The highest BCUT2D eigenvalue weighted by atomic mass is 16.2. The summed E-state index contributed by atoms with van der Waals surface area (Å²) in [4.78, 5) is 21.0. The number of likely N-dealkylation sites (tertiary alicyclic amines) is 2. The third-order valence-electron chi connectivity index (χ3n) is 6.52. The number of carbonyl (C=O) groups is 1. The zero-order valence-corrected chi connectivity index (χ0v) is 16.2. The monoisotopic (exact) mass is 373 g/mol. The Kier molecular flexibility index (Phi) is 4.44. The number of carbonyl (C=O) groups excluding carboxylic acids is 1. The summed E-state index contributed by atoms with van der Waals surface area (Å²) in [5, 5.41) is 1.10. The van der Waals surface area contributed by atoms with Crippen LogP contribution in [0.25, 0.3) is 10.9 Å². The Balaban J connectivity index is 1.28. The fourth-order valence-corrected chi connectivity index (χ4v) is 5.10. The number of benzene rings is 2. The second kappa shape index (κ2) is 7.10. The van der Waals surface area contributed by atoms with E-state index in [1.165, 1.54) is 18.4 Å². The average molecular weight is 374 g/mol. The summed E-state index contributed by atoms with van der Waals surface area (Å²) in [6.07, 6.45) is 5.51. The first kappa shape index (κ1) is 17.5.